The molecule has 0 saturated heterocycles. The molecule has 4 nitrogen and oxygen atoms in total. The van der Waals surface area contributed by atoms with Gasteiger partial charge in [-0.05, 0) is 51.9 Å². The predicted octanol–water partition coefficient (Wildman–Crippen LogP) is 3.64. The van der Waals surface area contributed by atoms with Crippen molar-refractivity contribution in [1.29, 1.82) is 0 Å². The molecule has 0 aromatic carbocycles. The minimum Gasteiger partial charge on any atom is -0.369 e. The first-order chi connectivity index (χ1) is 10.6. The molecule has 134 valence electrons. The van der Waals surface area contributed by atoms with Crippen LogP contribution in [0.25, 0.3) is 0 Å². The Morgan fingerprint density at radius 2 is 1.70 bits per heavy atom. The minimum atomic E-state index is -0.347. The van der Waals surface area contributed by atoms with E-state index in [2.05, 4.69) is 19.2 Å². The molecule has 1 aliphatic carbocycles. The van der Waals surface area contributed by atoms with E-state index in [0.717, 1.165) is 12.8 Å². The molecule has 1 rings (SSSR count). The van der Waals surface area contributed by atoms with E-state index < -0.39 is 0 Å². The Hall–Kier alpha value is -1.06. The fourth-order valence-electron chi connectivity index (χ4n) is 3.68. The van der Waals surface area contributed by atoms with Crippen LogP contribution in [0.3, 0.4) is 0 Å². The second-order valence-corrected chi connectivity index (χ2v) is 8.71. The lowest BCUT2D eigenvalue weighted by Gasteiger charge is -2.30. The van der Waals surface area contributed by atoms with Crippen molar-refractivity contribution < 1.29 is 9.59 Å². The van der Waals surface area contributed by atoms with Crippen molar-refractivity contribution in [2.24, 2.45) is 29.4 Å². The monoisotopic (exact) mass is 324 g/mol. The molecule has 23 heavy (non-hydrogen) atoms. The molecule has 3 N–H and O–H groups in total. The molecule has 0 aliphatic heterocycles. The van der Waals surface area contributed by atoms with E-state index in [-0.39, 0.29) is 29.2 Å². The number of nitrogens with one attached hydrogen (secondary N) is 1. The first-order valence-corrected chi connectivity index (χ1v) is 9.21. The van der Waals surface area contributed by atoms with Gasteiger partial charge in [0.05, 0.1) is 0 Å². The third-order valence-corrected chi connectivity index (χ3v) is 4.77. The zero-order valence-electron chi connectivity index (χ0n) is 15.7. The number of hydrogen-bond donors (Lipinski definition) is 2. The van der Waals surface area contributed by atoms with Gasteiger partial charge in [0.25, 0.3) is 0 Å². The van der Waals surface area contributed by atoms with Crippen LogP contribution in [0.2, 0.25) is 0 Å². The van der Waals surface area contributed by atoms with Crippen LogP contribution in [0.15, 0.2) is 0 Å². The third kappa shape index (κ3) is 7.36. The van der Waals surface area contributed by atoms with Crippen LogP contribution in [0.4, 0.5) is 0 Å². The van der Waals surface area contributed by atoms with Crippen LogP contribution in [0, 0.1) is 23.7 Å². The van der Waals surface area contributed by atoms with E-state index in [1.54, 1.807) is 0 Å². The summed E-state index contributed by atoms with van der Waals surface area (Å²) in [6, 6.07) is 0. The van der Waals surface area contributed by atoms with Crippen LogP contribution < -0.4 is 11.1 Å². The summed E-state index contributed by atoms with van der Waals surface area (Å²) in [7, 11) is 0. The zero-order valence-corrected chi connectivity index (χ0v) is 15.7. The lowest BCUT2D eigenvalue weighted by atomic mass is 9.79. The molecule has 2 amide bonds. The molecule has 0 spiro atoms. The van der Waals surface area contributed by atoms with Crippen molar-refractivity contribution in [3.05, 3.63) is 0 Å². The Morgan fingerprint density at radius 1 is 1.13 bits per heavy atom. The van der Waals surface area contributed by atoms with Gasteiger partial charge in [-0.2, -0.15) is 0 Å². The molecule has 1 fully saturated rings. The van der Waals surface area contributed by atoms with Gasteiger partial charge in [-0.3, -0.25) is 9.59 Å². The predicted molar refractivity (Wildman–Crippen MR) is 94.7 cm³/mol. The Bertz CT molecular complexity index is 393. The van der Waals surface area contributed by atoms with Crippen molar-refractivity contribution in [2.75, 3.05) is 0 Å². The third-order valence-electron chi connectivity index (χ3n) is 4.77. The molecule has 4 heteroatoms. The average Bonchev–Trinajstić information content (AvgIpc) is 2.87. The molecule has 0 aromatic rings. The normalized spacial score (nSPS) is 18.9. The highest BCUT2D eigenvalue weighted by Gasteiger charge is 2.34. The maximum Gasteiger partial charge on any atom is 0.224 e. The molecule has 0 radical (unpaired) electrons. The van der Waals surface area contributed by atoms with E-state index >= 15 is 0 Å². The molecule has 2 atom stereocenters. The maximum atomic E-state index is 12.7. The summed E-state index contributed by atoms with van der Waals surface area (Å²) in [6.45, 7) is 10.1. The molecular formula is C19H36N2O2. The van der Waals surface area contributed by atoms with Crippen LogP contribution in [-0.4, -0.2) is 17.4 Å². The summed E-state index contributed by atoms with van der Waals surface area (Å²) in [5.41, 5.74) is 5.39. The second-order valence-electron chi connectivity index (χ2n) is 8.71. The van der Waals surface area contributed by atoms with Gasteiger partial charge in [0, 0.05) is 17.4 Å². The summed E-state index contributed by atoms with van der Waals surface area (Å²) in [6.07, 6.45) is 7.58. The maximum absolute atomic E-state index is 12.7. The van der Waals surface area contributed by atoms with E-state index in [4.69, 9.17) is 5.73 Å². The van der Waals surface area contributed by atoms with Crippen molar-refractivity contribution >= 4 is 11.8 Å². The van der Waals surface area contributed by atoms with Gasteiger partial charge >= 0.3 is 0 Å². The topological polar surface area (TPSA) is 72.2 Å². The minimum absolute atomic E-state index is 0.0265. The first kappa shape index (κ1) is 20.0. The van der Waals surface area contributed by atoms with Gasteiger partial charge in [-0.25, -0.2) is 0 Å². The highest BCUT2D eigenvalue weighted by Crippen LogP contribution is 2.33. The molecule has 0 bridgehead atoms. The lowest BCUT2D eigenvalue weighted by Crippen LogP contribution is -2.48. The van der Waals surface area contributed by atoms with E-state index in [9.17, 15) is 9.59 Å². The summed E-state index contributed by atoms with van der Waals surface area (Å²) < 4.78 is 0. The quantitative estimate of drug-likeness (QED) is 0.715. The summed E-state index contributed by atoms with van der Waals surface area (Å²) in [5.74, 6) is 0.0638. The number of rotatable bonds is 8. The van der Waals surface area contributed by atoms with Gasteiger partial charge in [-0.15, -0.1) is 0 Å². The fraction of sp³-hybridized carbons (Fsp3) is 0.895. The van der Waals surface area contributed by atoms with Crippen molar-refractivity contribution in [3.63, 3.8) is 0 Å². The van der Waals surface area contributed by atoms with Gasteiger partial charge in [0.1, 0.15) is 0 Å². The van der Waals surface area contributed by atoms with Crippen molar-refractivity contribution in [2.45, 2.75) is 85.1 Å². The Balaban J connectivity index is 2.79. The SMILES string of the molecule is CC(C)CC(C(=O)NC(C)(C)C)[C@H](CCC1CCCC1)C(N)=O. The smallest absolute Gasteiger partial charge is 0.224 e. The van der Waals surface area contributed by atoms with E-state index in [1.165, 1.54) is 25.7 Å². The number of amides is 2. The van der Waals surface area contributed by atoms with Crippen LogP contribution in [0.1, 0.15) is 79.6 Å². The number of nitrogens with two attached hydrogens (primary N) is 1. The van der Waals surface area contributed by atoms with Gasteiger partial charge in [-0.1, -0.05) is 39.5 Å². The summed E-state index contributed by atoms with van der Waals surface area (Å²) in [5, 5.41) is 3.04. The summed E-state index contributed by atoms with van der Waals surface area (Å²) in [4.78, 5) is 24.8. The largest absolute Gasteiger partial charge is 0.369 e. The highest BCUT2D eigenvalue weighted by molar-refractivity contribution is 5.87. The molecule has 0 heterocycles. The Morgan fingerprint density at radius 3 is 2.13 bits per heavy atom. The lowest BCUT2D eigenvalue weighted by molar-refractivity contribution is -0.135. The average molecular weight is 325 g/mol. The van der Waals surface area contributed by atoms with Crippen LogP contribution in [-0.2, 0) is 9.59 Å². The van der Waals surface area contributed by atoms with Crippen LogP contribution in [0.5, 0.6) is 0 Å². The summed E-state index contributed by atoms with van der Waals surface area (Å²) >= 11 is 0. The highest BCUT2D eigenvalue weighted by atomic mass is 16.2. The fourth-order valence-corrected chi connectivity index (χ4v) is 3.68. The zero-order chi connectivity index (χ0) is 17.6. The Kier molecular flexibility index (Phi) is 7.56. The number of primary amides is 1. The van der Waals surface area contributed by atoms with Gasteiger partial charge < -0.3 is 11.1 Å². The Labute approximate surface area is 142 Å². The van der Waals surface area contributed by atoms with Crippen molar-refractivity contribution in [3.8, 4) is 0 Å². The van der Waals surface area contributed by atoms with E-state index in [0.29, 0.717) is 18.3 Å². The van der Waals surface area contributed by atoms with Crippen molar-refractivity contribution in [1.82, 2.24) is 5.32 Å². The van der Waals surface area contributed by atoms with Gasteiger partial charge in [0.2, 0.25) is 11.8 Å². The number of carbonyl (C=O) groups excluding carboxylic acids is 2. The van der Waals surface area contributed by atoms with E-state index in [1.807, 2.05) is 20.8 Å². The number of hydrogen-bond acceptors (Lipinski definition) is 2. The van der Waals surface area contributed by atoms with Gasteiger partial charge in [0.15, 0.2) is 0 Å². The molecule has 1 aliphatic rings. The molecule has 1 saturated carbocycles. The molecule has 0 aromatic heterocycles. The van der Waals surface area contributed by atoms with Crippen LogP contribution >= 0.6 is 0 Å². The first-order valence-electron chi connectivity index (χ1n) is 9.21. The number of carbonyl (C=O) groups is 2. The second kappa shape index (κ2) is 8.70. The molecule has 1 unspecified atom stereocenters. The standard InChI is InChI=1S/C19H36N2O2/c1-13(2)12-16(18(23)21-19(3,4)5)15(17(20)22)11-10-14-8-6-7-9-14/h13-16H,6-12H2,1-5H3,(H2,20,22)(H,21,23)/t15-,16?/m0/s1. The molecular weight excluding hydrogens is 288 g/mol.